The fourth-order valence-corrected chi connectivity index (χ4v) is 1.63. The van der Waals surface area contributed by atoms with Crippen LogP contribution in [0.1, 0.15) is 5.56 Å². The number of hydrogen-bond donors (Lipinski definition) is 1. The lowest BCUT2D eigenvalue weighted by atomic mass is 10.2. The molecule has 0 amide bonds. The first-order valence-corrected chi connectivity index (χ1v) is 3.89. The van der Waals surface area contributed by atoms with Crippen molar-refractivity contribution in [1.82, 2.24) is 4.98 Å². The van der Waals surface area contributed by atoms with Crippen molar-refractivity contribution in [1.29, 1.82) is 0 Å². The van der Waals surface area contributed by atoms with Crippen molar-refractivity contribution in [2.45, 2.75) is 6.92 Å². The first-order chi connectivity index (χ1) is 5.29. The van der Waals surface area contributed by atoms with E-state index in [-0.39, 0.29) is 0 Å². The van der Waals surface area contributed by atoms with Crippen LogP contribution < -0.4 is 0 Å². The van der Waals surface area contributed by atoms with E-state index in [9.17, 15) is 0 Å². The van der Waals surface area contributed by atoms with Gasteiger partial charge in [-0.15, -0.1) is 0 Å². The third kappa shape index (κ3) is 0.925. The molecule has 0 unspecified atom stereocenters. The first kappa shape index (κ1) is 6.74. The SMILES string of the molecule is Cc1c[nH]c2cccc(Cl)c12. The van der Waals surface area contributed by atoms with Gasteiger partial charge in [-0.3, -0.25) is 0 Å². The normalized spacial score (nSPS) is 10.7. The number of H-pyrrole nitrogens is 1. The summed E-state index contributed by atoms with van der Waals surface area (Å²) >= 11 is 5.98. The van der Waals surface area contributed by atoms with Gasteiger partial charge < -0.3 is 4.98 Å². The van der Waals surface area contributed by atoms with Gasteiger partial charge in [0, 0.05) is 17.1 Å². The largest absolute Gasteiger partial charge is 0.361 e. The first-order valence-electron chi connectivity index (χ1n) is 3.51. The van der Waals surface area contributed by atoms with Crippen LogP contribution in [0.2, 0.25) is 5.02 Å². The van der Waals surface area contributed by atoms with Crippen LogP contribution in [0.25, 0.3) is 10.9 Å². The highest BCUT2D eigenvalue weighted by Gasteiger charge is 2.01. The van der Waals surface area contributed by atoms with E-state index in [1.807, 2.05) is 31.3 Å². The van der Waals surface area contributed by atoms with Crippen molar-refractivity contribution in [3.05, 3.63) is 35.0 Å². The molecule has 1 heterocycles. The van der Waals surface area contributed by atoms with Crippen LogP contribution in [-0.2, 0) is 0 Å². The van der Waals surface area contributed by atoms with Gasteiger partial charge in [-0.25, -0.2) is 0 Å². The Kier molecular flexibility index (Phi) is 1.40. The Balaban J connectivity index is 2.96. The summed E-state index contributed by atoms with van der Waals surface area (Å²) in [5.41, 5.74) is 2.31. The predicted octanol–water partition coefficient (Wildman–Crippen LogP) is 3.13. The topological polar surface area (TPSA) is 15.8 Å². The number of fused-ring (bicyclic) bond motifs is 1. The average molecular weight is 166 g/mol. The average Bonchev–Trinajstić information content (AvgIpc) is 2.34. The summed E-state index contributed by atoms with van der Waals surface area (Å²) in [5, 5.41) is 1.95. The molecule has 0 bridgehead atoms. The molecule has 0 atom stereocenters. The van der Waals surface area contributed by atoms with Gasteiger partial charge in [-0.1, -0.05) is 17.7 Å². The van der Waals surface area contributed by atoms with Crippen molar-refractivity contribution in [2.75, 3.05) is 0 Å². The Morgan fingerprint density at radius 3 is 2.91 bits per heavy atom. The van der Waals surface area contributed by atoms with Gasteiger partial charge in [0.1, 0.15) is 0 Å². The lowest BCUT2D eigenvalue weighted by molar-refractivity contribution is 1.43. The van der Waals surface area contributed by atoms with E-state index in [1.165, 1.54) is 5.56 Å². The van der Waals surface area contributed by atoms with Crippen molar-refractivity contribution in [2.24, 2.45) is 0 Å². The fraction of sp³-hybridized carbons (Fsp3) is 0.111. The quantitative estimate of drug-likeness (QED) is 0.618. The van der Waals surface area contributed by atoms with Gasteiger partial charge in [0.2, 0.25) is 0 Å². The molecule has 1 N–H and O–H groups in total. The summed E-state index contributed by atoms with van der Waals surface area (Å²) in [5.74, 6) is 0. The van der Waals surface area contributed by atoms with Crippen LogP contribution in [-0.4, -0.2) is 4.98 Å². The molecule has 0 aliphatic rings. The monoisotopic (exact) mass is 165 g/mol. The maximum atomic E-state index is 5.98. The number of aromatic nitrogens is 1. The van der Waals surface area contributed by atoms with E-state index < -0.39 is 0 Å². The van der Waals surface area contributed by atoms with E-state index in [2.05, 4.69) is 4.98 Å². The Hall–Kier alpha value is -0.950. The van der Waals surface area contributed by atoms with Crippen LogP contribution in [0.5, 0.6) is 0 Å². The molecule has 2 heteroatoms. The van der Waals surface area contributed by atoms with Gasteiger partial charge in [0.15, 0.2) is 0 Å². The molecule has 0 saturated carbocycles. The summed E-state index contributed by atoms with van der Waals surface area (Å²) in [7, 11) is 0. The molecule has 0 aliphatic carbocycles. The molecular formula is C9H8ClN. The van der Waals surface area contributed by atoms with Gasteiger partial charge in [-0.05, 0) is 24.6 Å². The Labute approximate surface area is 70.0 Å². The molecule has 0 radical (unpaired) electrons. The molecule has 11 heavy (non-hydrogen) atoms. The molecular weight excluding hydrogens is 158 g/mol. The number of halogens is 1. The molecule has 1 aromatic carbocycles. The van der Waals surface area contributed by atoms with E-state index in [0.29, 0.717) is 0 Å². The molecule has 0 saturated heterocycles. The van der Waals surface area contributed by atoms with Crippen molar-refractivity contribution in [3.63, 3.8) is 0 Å². The highest BCUT2D eigenvalue weighted by atomic mass is 35.5. The van der Waals surface area contributed by atoms with Gasteiger partial charge in [0.25, 0.3) is 0 Å². The second kappa shape index (κ2) is 2.28. The smallest absolute Gasteiger partial charge is 0.0502 e. The second-order valence-electron chi connectivity index (χ2n) is 2.63. The number of rotatable bonds is 0. The Bertz CT molecular complexity index is 389. The predicted molar refractivity (Wildman–Crippen MR) is 48.0 cm³/mol. The van der Waals surface area contributed by atoms with Crippen LogP contribution >= 0.6 is 11.6 Å². The van der Waals surface area contributed by atoms with Crippen molar-refractivity contribution >= 4 is 22.5 Å². The van der Waals surface area contributed by atoms with Gasteiger partial charge in [0.05, 0.1) is 5.02 Å². The van der Waals surface area contributed by atoms with Crippen molar-refractivity contribution in [3.8, 4) is 0 Å². The highest BCUT2D eigenvalue weighted by molar-refractivity contribution is 6.35. The standard InChI is InChI=1S/C9H8ClN/c1-6-5-11-8-4-2-3-7(10)9(6)8/h2-5,11H,1H3. The molecule has 0 spiro atoms. The fourth-order valence-electron chi connectivity index (χ4n) is 1.30. The van der Waals surface area contributed by atoms with E-state index in [0.717, 1.165) is 15.9 Å². The third-order valence-corrected chi connectivity index (χ3v) is 2.17. The lowest BCUT2D eigenvalue weighted by Gasteiger charge is -1.93. The lowest BCUT2D eigenvalue weighted by Crippen LogP contribution is -1.69. The zero-order chi connectivity index (χ0) is 7.84. The summed E-state index contributed by atoms with van der Waals surface area (Å²) in [6.07, 6.45) is 1.97. The van der Waals surface area contributed by atoms with Crippen molar-refractivity contribution < 1.29 is 0 Å². The van der Waals surface area contributed by atoms with Gasteiger partial charge >= 0.3 is 0 Å². The van der Waals surface area contributed by atoms with E-state index in [4.69, 9.17) is 11.6 Å². The molecule has 2 rings (SSSR count). The zero-order valence-electron chi connectivity index (χ0n) is 6.19. The molecule has 1 aromatic heterocycles. The third-order valence-electron chi connectivity index (χ3n) is 1.85. The minimum atomic E-state index is 0.821. The van der Waals surface area contributed by atoms with Crippen LogP contribution in [0.15, 0.2) is 24.4 Å². The minimum absolute atomic E-state index is 0.821. The summed E-state index contributed by atoms with van der Waals surface area (Å²) < 4.78 is 0. The number of nitrogens with one attached hydrogen (secondary N) is 1. The maximum absolute atomic E-state index is 5.98. The van der Waals surface area contributed by atoms with Crippen LogP contribution in [0.4, 0.5) is 0 Å². The van der Waals surface area contributed by atoms with E-state index >= 15 is 0 Å². The number of benzene rings is 1. The molecule has 56 valence electrons. The van der Waals surface area contributed by atoms with Gasteiger partial charge in [-0.2, -0.15) is 0 Å². The second-order valence-corrected chi connectivity index (χ2v) is 3.04. The molecule has 2 aromatic rings. The Morgan fingerprint density at radius 1 is 1.36 bits per heavy atom. The van der Waals surface area contributed by atoms with Crippen LogP contribution in [0, 0.1) is 6.92 Å². The number of aryl methyl sites for hydroxylation is 1. The number of aromatic amines is 1. The molecule has 1 nitrogen and oxygen atoms in total. The highest BCUT2D eigenvalue weighted by Crippen LogP contribution is 2.25. The molecule has 0 aliphatic heterocycles. The minimum Gasteiger partial charge on any atom is -0.361 e. The molecule has 0 fully saturated rings. The Morgan fingerprint density at radius 2 is 2.18 bits per heavy atom. The summed E-state index contributed by atoms with van der Waals surface area (Å²) in [6, 6.07) is 5.87. The summed E-state index contributed by atoms with van der Waals surface area (Å²) in [4.78, 5) is 3.14. The van der Waals surface area contributed by atoms with E-state index in [1.54, 1.807) is 0 Å². The number of hydrogen-bond acceptors (Lipinski definition) is 0. The zero-order valence-corrected chi connectivity index (χ0v) is 6.94. The maximum Gasteiger partial charge on any atom is 0.0502 e. The van der Waals surface area contributed by atoms with Crippen LogP contribution in [0.3, 0.4) is 0 Å². The summed E-state index contributed by atoms with van der Waals surface area (Å²) in [6.45, 7) is 2.05.